The molecule has 0 aliphatic heterocycles. The predicted octanol–water partition coefficient (Wildman–Crippen LogP) is 5.17. The maximum atomic E-state index is 10.6. The highest BCUT2D eigenvalue weighted by molar-refractivity contribution is 5.90. The predicted molar refractivity (Wildman–Crippen MR) is 112 cm³/mol. The van der Waals surface area contributed by atoms with Crippen LogP contribution in [0.15, 0.2) is 60.7 Å². The van der Waals surface area contributed by atoms with Gasteiger partial charge in [-0.15, -0.1) is 0 Å². The minimum absolute atomic E-state index is 0.305. The van der Waals surface area contributed by atoms with Crippen LogP contribution in [-0.4, -0.2) is 33.3 Å². The fraction of sp³-hybridized carbons (Fsp3) is 0.217. The average molecular weight is 346 g/mol. The van der Waals surface area contributed by atoms with E-state index in [1.54, 1.807) is 6.07 Å². The van der Waals surface area contributed by atoms with Crippen molar-refractivity contribution in [2.75, 3.05) is 38.0 Å². The lowest BCUT2D eigenvalue weighted by Crippen LogP contribution is -2.08. The van der Waals surface area contributed by atoms with Gasteiger partial charge >= 0.3 is 0 Å². The van der Waals surface area contributed by atoms with E-state index >= 15 is 0 Å². The smallest absolute Gasteiger partial charge is 0.124 e. The highest BCUT2D eigenvalue weighted by Gasteiger charge is 2.15. The van der Waals surface area contributed by atoms with Crippen LogP contribution in [0.25, 0.3) is 22.3 Å². The summed E-state index contributed by atoms with van der Waals surface area (Å²) in [6.07, 6.45) is 0. The number of nitrogens with zero attached hydrogens (tertiary/aromatic N) is 2. The Bertz CT molecular complexity index is 818. The molecule has 0 saturated heterocycles. The van der Waals surface area contributed by atoms with Gasteiger partial charge in [0.1, 0.15) is 5.75 Å². The van der Waals surface area contributed by atoms with Crippen LogP contribution < -0.4 is 9.80 Å². The van der Waals surface area contributed by atoms with Crippen molar-refractivity contribution in [3.8, 4) is 28.0 Å². The molecule has 134 valence electrons. The Labute approximate surface area is 156 Å². The second-order valence-corrected chi connectivity index (χ2v) is 7.03. The van der Waals surface area contributed by atoms with E-state index in [9.17, 15) is 5.11 Å². The van der Waals surface area contributed by atoms with Crippen molar-refractivity contribution >= 4 is 11.4 Å². The van der Waals surface area contributed by atoms with E-state index in [4.69, 9.17) is 0 Å². The maximum Gasteiger partial charge on any atom is 0.124 e. The average Bonchev–Trinajstić information content (AvgIpc) is 2.63. The molecule has 3 nitrogen and oxygen atoms in total. The van der Waals surface area contributed by atoms with E-state index in [1.807, 2.05) is 34.3 Å². The van der Waals surface area contributed by atoms with Crippen molar-refractivity contribution in [3.63, 3.8) is 0 Å². The summed E-state index contributed by atoms with van der Waals surface area (Å²) in [5.41, 5.74) is 7.52. The third kappa shape index (κ3) is 3.38. The molecule has 3 rings (SSSR count). The molecule has 3 aromatic rings. The summed E-state index contributed by atoms with van der Waals surface area (Å²) in [7, 11) is 8.12. The van der Waals surface area contributed by atoms with Crippen molar-refractivity contribution in [1.29, 1.82) is 0 Å². The second kappa shape index (κ2) is 7.12. The minimum atomic E-state index is 0.305. The normalized spacial score (nSPS) is 10.7. The third-order valence-corrected chi connectivity index (χ3v) is 4.74. The summed E-state index contributed by atoms with van der Waals surface area (Å²) >= 11 is 0. The summed E-state index contributed by atoms with van der Waals surface area (Å²) in [5.74, 6) is 0.305. The van der Waals surface area contributed by atoms with Gasteiger partial charge in [0, 0.05) is 45.1 Å². The molecule has 0 aliphatic carbocycles. The van der Waals surface area contributed by atoms with E-state index in [0.29, 0.717) is 5.75 Å². The number of phenols is 1. The van der Waals surface area contributed by atoms with E-state index in [2.05, 4.69) is 65.3 Å². The molecular weight excluding hydrogens is 320 g/mol. The molecular formula is C23H26N2O. The molecule has 0 bridgehead atoms. The number of hydrogen-bond donors (Lipinski definition) is 1. The Morgan fingerprint density at radius 1 is 0.577 bits per heavy atom. The van der Waals surface area contributed by atoms with Crippen LogP contribution >= 0.6 is 0 Å². The number of aryl methyl sites for hydroxylation is 1. The first-order valence-corrected chi connectivity index (χ1v) is 8.76. The SMILES string of the molecule is Cc1ccc(O)c(-c2ccc(N(C)C)cc2)c1-c1ccc(N(C)C)cc1. The molecule has 1 N–H and O–H groups in total. The molecule has 0 amide bonds. The van der Waals surface area contributed by atoms with Gasteiger partial charge in [0.25, 0.3) is 0 Å². The molecule has 0 unspecified atom stereocenters. The minimum Gasteiger partial charge on any atom is -0.507 e. The highest BCUT2D eigenvalue weighted by atomic mass is 16.3. The fourth-order valence-corrected chi connectivity index (χ4v) is 3.21. The Morgan fingerprint density at radius 3 is 1.42 bits per heavy atom. The van der Waals surface area contributed by atoms with Crippen LogP contribution in [0.5, 0.6) is 5.75 Å². The molecule has 0 fully saturated rings. The number of rotatable bonds is 4. The lowest BCUT2D eigenvalue weighted by atomic mass is 9.90. The van der Waals surface area contributed by atoms with Crippen molar-refractivity contribution in [2.24, 2.45) is 0 Å². The number of aromatic hydroxyl groups is 1. The van der Waals surface area contributed by atoms with Crippen LogP contribution in [0.4, 0.5) is 11.4 Å². The number of benzene rings is 3. The van der Waals surface area contributed by atoms with Gasteiger partial charge in [-0.2, -0.15) is 0 Å². The lowest BCUT2D eigenvalue weighted by Gasteiger charge is -2.18. The Morgan fingerprint density at radius 2 is 1.00 bits per heavy atom. The summed E-state index contributed by atoms with van der Waals surface area (Å²) in [6, 6.07) is 20.5. The third-order valence-electron chi connectivity index (χ3n) is 4.74. The summed E-state index contributed by atoms with van der Waals surface area (Å²) in [5, 5.41) is 10.6. The van der Waals surface area contributed by atoms with Crippen molar-refractivity contribution < 1.29 is 5.11 Å². The Kier molecular flexibility index (Phi) is 4.90. The largest absolute Gasteiger partial charge is 0.507 e. The first kappa shape index (κ1) is 17.9. The standard InChI is InChI=1S/C23H26N2O/c1-16-6-15-21(26)23(18-9-13-20(14-10-18)25(4)5)22(16)17-7-11-19(12-8-17)24(2)3/h6-15,26H,1-5H3. The van der Waals surface area contributed by atoms with Crippen LogP contribution in [-0.2, 0) is 0 Å². The fourth-order valence-electron chi connectivity index (χ4n) is 3.21. The molecule has 26 heavy (non-hydrogen) atoms. The summed E-state index contributed by atoms with van der Waals surface area (Å²) < 4.78 is 0. The number of hydrogen-bond acceptors (Lipinski definition) is 3. The van der Waals surface area contributed by atoms with Crippen LogP contribution in [0.2, 0.25) is 0 Å². The van der Waals surface area contributed by atoms with Gasteiger partial charge in [-0.3, -0.25) is 0 Å². The van der Waals surface area contributed by atoms with Crippen LogP contribution in [0.1, 0.15) is 5.56 Å². The zero-order valence-corrected chi connectivity index (χ0v) is 16.1. The molecule has 0 aromatic heterocycles. The number of phenolic OH excluding ortho intramolecular Hbond substituents is 1. The molecule has 3 aromatic carbocycles. The summed E-state index contributed by atoms with van der Waals surface area (Å²) in [4.78, 5) is 4.15. The molecule has 0 atom stereocenters. The van der Waals surface area contributed by atoms with Gasteiger partial charge in [0.05, 0.1) is 0 Å². The van der Waals surface area contributed by atoms with E-state index < -0.39 is 0 Å². The van der Waals surface area contributed by atoms with Gasteiger partial charge in [0.2, 0.25) is 0 Å². The number of anilines is 2. The van der Waals surface area contributed by atoms with Crippen molar-refractivity contribution in [3.05, 3.63) is 66.2 Å². The van der Waals surface area contributed by atoms with E-state index in [1.165, 1.54) is 0 Å². The zero-order valence-electron chi connectivity index (χ0n) is 16.1. The van der Waals surface area contributed by atoms with Crippen LogP contribution in [0, 0.1) is 6.92 Å². The van der Waals surface area contributed by atoms with Crippen molar-refractivity contribution in [1.82, 2.24) is 0 Å². The molecule has 0 spiro atoms. The molecule has 0 saturated carbocycles. The Hall–Kier alpha value is -2.94. The molecule has 0 aliphatic rings. The second-order valence-electron chi connectivity index (χ2n) is 7.03. The summed E-state index contributed by atoms with van der Waals surface area (Å²) in [6.45, 7) is 2.09. The quantitative estimate of drug-likeness (QED) is 0.706. The van der Waals surface area contributed by atoms with Crippen molar-refractivity contribution in [2.45, 2.75) is 6.92 Å². The van der Waals surface area contributed by atoms with E-state index in [0.717, 1.165) is 39.2 Å². The van der Waals surface area contributed by atoms with Gasteiger partial charge in [-0.25, -0.2) is 0 Å². The van der Waals surface area contributed by atoms with Gasteiger partial charge in [-0.1, -0.05) is 30.3 Å². The maximum absolute atomic E-state index is 10.6. The first-order chi connectivity index (χ1) is 12.4. The van der Waals surface area contributed by atoms with Gasteiger partial charge < -0.3 is 14.9 Å². The Balaban J connectivity index is 2.15. The molecule has 0 radical (unpaired) electrons. The zero-order chi connectivity index (χ0) is 18.8. The monoisotopic (exact) mass is 346 g/mol. The molecule has 3 heteroatoms. The first-order valence-electron chi connectivity index (χ1n) is 8.76. The highest BCUT2D eigenvalue weighted by Crippen LogP contribution is 2.41. The van der Waals surface area contributed by atoms with Crippen LogP contribution in [0.3, 0.4) is 0 Å². The lowest BCUT2D eigenvalue weighted by molar-refractivity contribution is 0.477. The molecule has 0 heterocycles. The van der Waals surface area contributed by atoms with Gasteiger partial charge in [-0.05, 0) is 59.5 Å². The van der Waals surface area contributed by atoms with E-state index in [-0.39, 0.29) is 0 Å². The topological polar surface area (TPSA) is 26.7 Å². The van der Waals surface area contributed by atoms with Gasteiger partial charge in [0.15, 0.2) is 0 Å².